The molecule has 1 amide bonds. The first kappa shape index (κ1) is 22.3. The van der Waals surface area contributed by atoms with E-state index < -0.39 is 0 Å². The van der Waals surface area contributed by atoms with E-state index in [0.717, 1.165) is 10.6 Å². The van der Waals surface area contributed by atoms with E-state index in [9.17, 15) is 4.79 Å². The Morgan fingerprint density at radius 3 is 2.59 bits per heavy atom. The number of fused-ring (bicyclic) bond motifs is 2. The van der Waals surface area contributed by atoms with Gasteiger partial charge < -0.3 is 9.47 Å². The van der Waals surface area contributed by atoms with Gasteiger partial charge in [-0.05, 0) is 38.1 Å². The Hall–Kier alpha value is -3.53. The van der Waals surface area contributed by atoms with Crippen LogP contribution >= 0.6 is 11.3 Å². The molecule has 0 bridgehead atoms. The van der Waals surface area contributed by atoms with Gasteiger partial charge in [-0.25, -0.2) is 9.67 Å². The predicted octanol–water partition coefficient (Wildman–Crippen LogP) is 4.85. The third kappa shape index (κ3) is 4.09. The molecular formula is C24H26N6O3S. The van der Waals surface area contributed by atoms with Crippen LogP contribution in [0, 0.1) is 0 Å². The third-order valence-corrected chi connectivity index (χ3v) is 6.69. The number of aromatic nitrogens is 5. The Labute approximate surface area is 201 Å². The SMILES string of the molecule is CC(C)n1ncc2c(C(=O)Nc3nnc(C(C)(C)C)s3)cc(-c3ccc4c(c3)OCCO4)nc21. The summed E-state index contributed by atoms with van der Waals surface area (Å²) >= 11 is 1.37. The summed E-state index contributed by atoms with van der Waals surface area (Å²) in [5.74, 6) is 1.08. The van der Waals surface area contributed by atoms with Crippen LogP contribution in [0.3, 0.4) is 0 Å². The van der Waals surface area contributed by atoms with Crippen LogP contribution in [-0.2, 0) is 5.41 Å². The lowest BCUT2D eigenvalue weighted by Crippen LogP contribution is -2.15. The molecule has 0 spiro atoms. The van der Waals surface area contributed by atoms with E-state index in [1.54, 1.807) is 12.3 Å². The minimum Gasteiger partial charge on any atom is -0.486 e. The molecule has 4 aromatic rings. The van der Waals surface area contributed by atoms with E-state index in [0.29, 0.717) is 52.1 Å². The number of hydrogen-bond donors (Lipinski definition) is 1. The fourth-order valence-electron chi connectivity index (χ4n) is 3.68. The van der Waals surface area contributed by atoms with Crippen molar-refractivity contribution in [3.05, 3.63) is 41.0 Å². The zero-order valence-electron chi connectivity index (χ0n) is 19.7. The molecule has 9 nitrogen and oxygen atoms in total. The second kappa shape index (κ2) is 8.35. The van der Waals surface area contributed by atoms with Gasteiger partial charge in [0.15, 0.2) is 17.1 Å². The second-order valence-corrected chi connectivity index (χ2v) is 10.4. The number of carbonyl (C=O) groups is 1. The molecular weight excluding hydrogens is 452 g/mol. The summed E-state index contributed by atoms with van der Waals surface area (Å²) < 4.78 is 13.2. The van der Waals surface area contributed by atoms with Crippen LogP contribution in [0.15, 0.2) is 30.5 Å². The maximum absolute atomic E-state index is 13.4. The van der Waals surface area contributed by atoms with Crippen molar-refractivity contribution in [2.24, 2.45) is 0 Å². The minimum atomic E-state index is -0.286. The number of anilines is 1. The van der Waals surface area contributed by atoms with Crippen LogP contribution in [0.2, 0.25) is 0 Å². The predicted molar refractivity (Wildman–Crippen MR) is 131 cm³/mol. The molecule has 0 fully saturated rings. The maximum atomic E-state index is 13.4. The number of carbonyl (C=O) groups excluding carboxylic acids is 1. The van der Waals surface area contributed by atoms with E-state index in [-0.39, 0.29) is 17.4 Å². The number of hydrogen-bond acceptors (Lipinski definition) is 8. The number of benzene rings is 1. The summed E-state index contributed by atoms with van der Waals surface area (Å²) in [5.41, 5.74) is 2.43. The maximum Gasteiger partial charge on any atom is 0.258 e. The van der Waals surface area contributed by atoms with Gasteiger partial charge in [0.2, 0.25) is 5.13 Å². The zero-order valence-corrected chi connectivity index (χ0v) is 20.6. The Bertz CT molecular complexity index is 1390. The lowest BCUT2D eigenvalue weighted by molar-refractivity contribution is 0.102. The highest BCUT2D eigenvalue weighted by Gasteiger charge is 2.23. The summed E-state index contributed by atoms with van der Waals surface area (Å²) in [7, 11) is 0. The highest BCUT2D eigenvalue weighted by atomic mass is 32.1. The van der Waals surface area contributed by atoms with Crippen molar-refractivity contribution >= 4 is 33.4 Å². The number of pyridine rings is 1. The Morgan fingerprint density at radius 2 is 1.88 bits per heavy atom. The first-order valence-corrected chi connectivity index (χ1v) is 12.0. The average molecular weight is 479 g/mol. The van der Waals surface area contributed by atoms with Gasteiger partial charge in [-0.3, -0.25) is 10.1 Å². The molecule has 1 aliphatic heterocycles. The molecule has 176 valence electrons. The van der Waals surface area contributed by atoms with Gasteiger partial charge in [-0.2, -0.15) is 5.10 Å². The lowest BCUT2D eigenvalue weighted by Gasteiger charge is -2.19. The van der Waals surface area contributed by atoms with Crippen molar-refractivity contribution in [3.63, 3.8) is 0 Å². The summed E-state index contributed by atoms with van der Waals surface area (Å²) in [6.45, 7) is 11.3. The van der Waals surface area contributed by atoms with Gasteiger partial charge in [0.25, 0.3) is 5.91 Å². The molecule has 1 N–H and O–H groups in total. The van der Waals surface area contributed by atoms with Crippen LogP contribution in [0.1, 0.15) is 56.0 Å². The molecule has 0 unspecified atom stereocenters. The van der Waals surface area contributed by atoms with E-state index in [1.165, 1.54) is 11.3 Å². The van der Waals surface area contributed by atoms with Gasteiger partial charge in [-0.1, -0.05) is 32.1 Å². The quantitative estimate of drug-likeness (QED) is 0.447. The van der Waals surface area contributed by atoms with Crippen molar-refractivity contribution in [1.29, 1.82) is 0 Å². The van der Waals surface area contributed by atoms with Crippen LogP contribution in [0.5, 0.6) is 11.5 Å². The molecule has 0 atom stereocenters. The van der Waals surface area contributed by atoms with E-state index in [2.05, 4.69) is 41.4 Å². The monoisotopic (exact) mass is 478 g/mol. The molecule has 5 rings (SSSR count). The molecule has 3 aromatic heterocycles. The van der Waals surface area contributed by atoms with Gasteiger partial charge in [-0.15, -0.1) is 10.2 Å². The largest absolute Gasteiger partial charge is 0.486 e. The fourth-order valence-corrected chi connectivity index (χ4v) is 4.47. The molecule has 1 aliphatic rings. The van der Waals surface area contributed by atoms with Crippen molar-refractivity contribution < 1.29 is 14.3 Å². The number of nitrogens with zero attached hydrogens (tertiary/aromatic N) is 5. The third-order valence-electron chi connectivity index (χ3n) is 5.43. The van der Waals surface area contributed by atoms with Crippen molar-refractivity contribution in [2.45, 2.75) is 46.1 Å². The van der Waals surface area contributed by atoms with Crippen LogP contribution in [0.25, 0.3) is 22.3 Å². The molecule has 1 aromatic carbocycles. The molecule has 10 heteroatoms. The van der Waals surface area contributed by atoms with Gasteiger partial charge in [0.1, 0.15) is 18.2 Å². The average Bonchev–Trinajstić information content (AvgIpc) is 3.45. The fraction of sp³-hybridized carbons (Fsp3) is 0.375. The molecule has 4 heterocycles. The normalized spacial score (nSPS) is 13.5. The van der Waals surface area contributed by atoms with Gasteiger partial charge in [0.05, 0.1) is 22.8 Å². The van der Waals surface area contributed by atoms with Crippen LogP contribution in [-0.4, -0.2) is 44.1 Å². The second-order valence-electron chi connectivity index (χ2n) is 9.45. The smallest absolute Gasteiger partial charge is 0.258 e. The highest BCUT2D eigenvalue weighted by Crippen LogP contribution is 2.35. The highest BCUT2D eigenvalue weighted by molar-refractivity contribution is 7.15. The van der Waals surface area contributed by atoms with Crippen molar-refractivity contribution in [3.8, 4) is 22.8 Å². The standard InChI is InChI=1S/C24H26N6O3S/c1-13(2)30-20-16(12-25-30)15(21(31)27-23-29-28-22(34-23)24(3,4)5)11-17(26-20)14-6-7-18-19(10-14)33-9-8-32-18/h6-7,10-13H,8-9H2,1-5H3,(H,27,29,31). The number of nitrogens with one attached hydrogen (secondary N) is 1. The molecule has 0 radical (unpaired) electrons. The summed E-state index contributed by atoms with van der Waals surface area (Å²) in [6, 6.07) is 7.53. The Kier molecular flexibility index (Phi) is 5.47. The van der Waals surface area contributed by atoms with Crippen LogP contribution in [0.4, 0.5) is 5.13 Å². The number of ether oxygens (including phenoxy) is 2. The van der Waals surface area contributed by atoms with E-state index in [1.807, 2.05) is 36.7 Å². The lowest BCUT2D eigenvalue weighted by atomic mass is 9.98. The van der Waals surface area contributed by atoms with E-state index in [4.69, 9.17) is 14.5 Å². The van der Waals surface area contributed by atoms with Crippen molar-refractivity contribution in [2.75, 3.05) is 18.5 Å². The molecule has 34 heavy (non-hydrogen) atoms. The first-order valence-electron chi connectivity index (χ1n) is 11.1. The summed E-state index contributed by atoms with van der Waals surface area (Å²) in [4.78, 5) is 18.3. The van der Waals surface area contributed by atoms with Gasteiger partial charge in [0, 0.05) is 17.0 Å². The summed E-state index contributed by atoms with van der Waals surface area (Å²) in [5, 5.41) is 17.8. The van der Waals surface area contributed by atoms with Crippen molar-refractivity contribution in [1.82, 2.24) is 25.0 Å². The number of amides is 1. The Morgan fingerprint density at radius 1 is 1.12 bits per heavy atom. The summed E-state index contributed by atoms with van der Waals surface area (Å²) in [6.07, 6.45) is 1.69. The topological polar surface area (TPSA) is 104 Å². The Balaban J connectivity index is 1.58. The first-order chi connectivity index (χ1) is 16.2. The minimum absolute atomic E-state index is 0.0777. The van der Waals surface area contributed by atoms with Gasteiger partial charge >= 0.3 is 0 Å². The zero-order chi connectivity index (χ0) is 24.0. The molecule has 0 saturated heterocycles. The van der Waals surface area contributed by atoms with E-state index >= 15 is 0 Å². The molecule has 0 saturated carbocycles. The number of rotatable bonds is 4. The van der Waals surface area contributed by atoms with Crippen LogP contribution < -0.4 is 14.8 Å². The molecule has 0 aliphatic carbocycles.